The van der Waals surface area contributed by atoms with Crippen LogP contribution in [0.4, 0.5) is 10.9 Å². The van der Waals surface area contributed by atoms with Gasteiger partial charge in [0.05, 0.1) is 12.1 Å². The van der Waals surface area contributed by atoms with Gasteiger partial charge in [-0.3, -0.25) is 4.79 Å². The number of hydrogen-bond acceptors (Lipinski definition) is 5. The average Bonchev–Trinajstić information content (AvgIpc) is 3.01. The SMILES string of the molecule is Cc1ccnc(Nc2nc(CC(=O)NCc3ccc(Cl)cc3)cs2)c1. The maximum absolute atomic E-state index is 12.1. The average molecular weight is 373 g/mol. The van der Waals surface area contributed by atoms with E-state index in [1.165, 1.54) is 11.3 Å². The summed E-state index contributed by atoms with van der Waals surface area (Å²) >= 11 is 7.30. The van der Waals surface area contributed by atoms with E-state index in [1.54, 1.807) is 18.3 Å². The fourth-order valence-electron chi connectivity index (χ4n) is 2.19. The zero-order valence-electron chi connectivity index (χ0n) is 13.6. The van der Waals surface area contributed by atoms with Crippen molar-refractivity contribution in [2.24, 2.45) is 0 Å². The summed E-state index contributed by atoms with van der Waals surface area (Å²) in [6.07, 6.45) is 1.99. The van der Waals surface area contributed by atoms with Crippen molar-refractivity contribution in [1.29, 1.82) is 0 Å². The number of nitrogens with zero attached hydrogens (tertiary/aromatic N) is 2. The zero-order chi connectivity index (χ0) is 17.6. The van der Waals surface area contributed by atoms with Gasteiger partial charge in [-0.05, 0) is 42.3 Å². The molecule has 128 valence electrons. The number of hydrogen-bond donors (Lipinski definition) is 2. The molecule has 0 aliphatic rings. The van der Waals surface area contributed by atoms with E-state index < -0.39 is 0 Å². The van der Waals surface area contributed by atoms with Crippen molar-refractivity contribution < 1.29 is 4.79 Å². The number of aromatic nitrogens is 2. The lowest BCUT2D eigenvalue weighted by Gasteiger charge is -2.04. The number of nitrogens with one attached hydrogen (secondary N) is 2. The van der Waals surface area contributed by atoms with Crippen LogP contribution in [0.5, 0.6) is 0 Å². The Morgan fingerprint density at radius 1 is 1.24 bits per heavy atom. The zero-order valence-corrected chi connectivity index (χ0v) is 15.2. The van der Waals surface area contributed by atoms with E-state index in [0.717, 1.165) is 27.8 Å². The Bertz CT molecular complexity index is 864. The van der Waals surface area contributed by atoms with E-state index in [2.05, 4.69) is 20.6 Å². The highest BCUT2D eigenvalue weighted by molar-refractivity contribution is 7.13. The van der Waals surface area contributed by atoms with Crippen molar-refractivity contribution in [1.82, 2.24) is 15.3 Å². The van der Waals surface area contributed by atoms with Crippen LogP contribution in [0, 0.1) is 6.92 Å². The summed E-state index contributed by atoms with van der Waals surface area (Å²) in [5.41, 5.74) is 2.86. The van der Waals surface area contributed by atoms with Crippen LogP contribution in [0.1, 0.15) is 16.8 Å². The first-order valence-electron chi connectivity index (χ1n) is 7.74. The molecule has 5 nitrogen and oxygen atoms in total. The molecule has 0 radical (unpaired) electrons. The van der Waals surface area contributed by atoms with E-state index in [1.807, 2.05) is 36.6 Å². The predicted octanol–water partition coefficient (Wildman–Crippen LogP) is 4.10. The fourth-order valence-corrected chi connectivity index (χ4v) is 3.03. The standard InChI is InChI=1S/C18H17ClN4OS/c1-12-6-7-20-16(8-12)23-18-22-15(11-25-18)9-17(24)21-10-13-2-4-14(19)5-3-13/h2-8,11H,9-10H2,1H3,(H,21,24)(H,20,22,23). The molecule has 1 aromatic carbocycles. The molecule has 3 aromatic rings. The Labute approximate surface area is 155 Å². The minimum Gasteiger partial charge on any atom is -0.352 e. The van der Waals surface area contributed by atoms with Crippen molar-refractivity contribution in [3.05, 3.63) is 69.8 Å². The summed E-state index contributed by atoms with van der Waals surface area (Å²) in [6.45, 7) is 2.48. The van der Waals surface area contributed by atoms with Gasteiger partial charge < -0.3 is 10.6 Å². The highest BCUT2D eigenvalue weighted by Gasteiger charge is 2.08. The number of aryl methyl sites for hydroxylation is 1. The maximum Gasteiger partial charge on any atom is 0.226 e. The molecule has 25 heavy (non-hydrogen) atoms. The number of anilines is 2. The molecule has 0 unspecified atom stereocenters. The van der Waals surface area contributed by atoms with Gasteiger partial charge in [-0.15, -0.1) is 11.3 Å². The van der Waals surface area contributed by atoms with Crippen LogP contribution >= 0.6 is 22.9 Å². The summed E-state index contributed by atoms with van der Waals surface area (Å²) in [5, 5.41) is 9.31. The second-order valence-corrected chi connectivity index (χ2v) is 6.86. The fraction of sp³-hybridized carbons (Fsp3) is 0.167. The number of rotatable bonds is 6. The number of pyridine rings is 1. The van der Waals surface area contributed by atoms with E-state index in [9.17, 15) is 4.79 Å². The Morgan fingerprint density at radius 2 is 2.04 bits per heavy atom. The normalized spacial score (nSPS) is 10.5. The minimum absolute atomic E-state index is 0.0690. The van der Waals surface area contributed by atoms with Crippen molar-refractivity contribution in [2.75, 3.05) is 5.32 Å². The second kappa shape index (κ2) is 8.09. The molecule has 2 aromatic heterocycles. The van der Waals surface area contributed by atoms with Crippen molar-refractivity contribution in [3.63, 3.8) is 0 Å². The van der Waals surface area contributed by atoms with E-state index in [-0.39, 0.29) is 12.3 Å². The first kappa shape index (κ1) is 17.4. The van der Waals surface area contributed by atoms with Gasteiger partial charge in [0.25, 0.3) is 0 Å². The van der Waals surface area contributed by atoms with Gasteiger partial charge >= 0.3 is 0 Å². The van der Waals surface area contributed by atoms with Crippen LogP contribution < -0.4 is 10.6 Å². The lowest BCUT2D eigenvalue weighted by molar-refractivity contribution is -0.120. The third kappa shape index (κ3) is 5.27. The summed E-state index contributed by atoms with van der Waals surface area (Å²) in [4.78, 5) is 20.7. The summed E-state index contributed by atoms with van der Waals surface area (Å²) in [7, 11) is 0. The van der Waals surface area contributed by atoms with Crippen LogP contribution in [0.25, 0.3) is 0 Å². The smallest absolute Gasteiger partial charge is 0.226 e. The monoisotopic (exact) mass is 372 g/mol. The number of carbonyl (C=O) groups excluding carboxylic acids is 1. The summed E-state index contributed by atoms with van der Waals surface area (Å²) in [6, 6.07) is 11.3. The highest BCUT2D eigenvalue weighted by Crippen LogP contribution is 2.20. The van der Waals surface area contributed by atoms with E-state index >= 15 is 0 Å². The molecular formula is C18H17ClN4OS. The largest absolute Gasteiger partial charge is 0.352 e. The number of benzene rings is 1. The molecule has 0 aliphatic carbocycles. The van der Waals surface area contributed by atoms with Crippen molar-refractivity contribution in [2.45, 2.75) is 19.9 Å². The second-order valence-electron chi connectivity index (χ2n) is 5.57. The lowest BCUT2D eigenvalue weighted by atomic mass is 10.2. The predicted molar refractivity (Wildman–Crippen MR) is 101 cm³/mol. The van der Waals surface area contributed by atoms with E-state index in [0.29, 0.717) is 11.6 Å². The maximum atomic E-state index is 12.1. The highest BCUT2D eigenvalue weighted by atomic mass is 35.5. The Morgan fingerprint density at radius 3 is 2.80 bits per heavy atom. The van der Waals surface area contributed by atoms with Gasteiger partial charge in [-0.2, -0.15) is 0 Å². The molecule has 0 atom stereocenters. The number of halogens is 1. The topological polar surface area (TPSA) is 66.9 Å². The molecule has 2 N–H and O–H groups in total. The number of amides is 1. The van der Waals surface area contributed by atoms with Crippen LogP contribution in [-0.4, -0.2) is 15.9 Å². The molecule has 0 saturated carbocycles. The molecule has 3 rings (SSSR count). The molecular weight excluding hydrogens is 356 g/mol. The Hall–Kier alpha value is -2.44. The van der Waals surface area contributed by atoms with Gasteiger partial charge in [-0.25, -0.2) is 9.97 Å². The first-order chi connectivity index (χ1) is 12.1. The van der Waals surface area contributed by atoms with Crippen LogP contribution in [0.3, 0.4) is 0 Å². The van der Waals surface area contributed by atoms with Gasteiger partial charge in [-0.1, -0.05) is 23.7 Å². The first-order valence-corrected chi connectivity index (χ1v) is 8.99. The van der Waals surface area contributed by atoms with Gasteiger partial charge in [0.15, 0.2) is 5.13 Å². The summed E-state index contributed by atoms with van der Waals surface area (Å²) < 4.78 is 0. The molecule has 0 bridgehead atoms. The third-order valence-corrected chi connectivity index (χ3v) is 4.51. The van der Waals surface area contributed by atoms with Crippen LogP contribution in [0.15, 0.2) is 48.0 Å². The quantitative estimate of drug-likeness (QED) is 0.683. The van der Waals surface area contributed by atoms with Crippen molar-refractivity contribution in [3.8, 4) is 0 Å². The Kier molecular flexibility index (Phi) is 5.63. The van der Waals surface area contributed by atoms with Crippen molar-refractivity contribution >= 4 is 39.8 Å². The number of thiazole rings is 1. The van der Waals surface area contributed by atoms with Gasteiger partial charge in [0.2, 0.25) is 5.91 Å². The van der Waals surface area contributed by atoms with E-state index in [4.69, 9.17) is 11.6 Å². The van der Waals surface area contributed by atoms with Crippen LogP contribution in [-0.2, 0) is 17.8 Å². The third-order valence-electron chi connectivity index (χ3n) is 3.45. The van der Waals surface area contributed by atoms with Crippen LogP contribution in [0.2, 0.25) is 5.02 Å². The Balaban J connectivity index is 1.52. The molecule has 7 heteroatoms. The molecule has 2 heterocycles. The lowest BCUT2D eigenvalue weighted by Crippen LogP contribution is -2.24. The summed E-state index contributed by atoms with van der Waals surface area (Å²) in [5.74, 6) is 0.675. The minimum atomic E-state index is -0.0690. The molecule has 1 amide bonds. The van der Waals surface area contributed by atoms with Gasteiger partial charge in [0.1, 0.15) is 5.82 Å². The number of carbonyl (C=O) groups is 1. The molecule has 0 saturated heterocycles. The molecule has 0 fully saturated rings. The van der Waals surface area contributed by atoms with Gasteiger partial charge in [0, 0.05) is 23.1 Å². The molecule has 0 aliphatic heterocycles. The molecule has 0 spiro atoms.